The smallest absolute Gasteiger partial charge is 0.255 e. The normalized spacial score (nSPS) is 10.3. The first-order valence-electron chi connectivity index (χ1n) is 8.15. The Morgan fingerprint density at radius 3 is 2.28 bits per heavy atom. The molecule has 0 aliphatic heterocycles. The van der Waals surface area contributed by atoms with Crippen LogP contribution in [0.2, 0.25) is 0 Å². The molecular formula is C21H19FN2O. The highest BCUT2D eigenvalue weighted by molar-refractivity contribution is 6.04. The van der Waals surface area contributed by atoms with Crippen LogP contribution in [0.3, 0.4) is 0 Å². The van der Waals surface area contributed by atoms with Crippen LogP contribution in [-0.4, -0.2) is 12.5 Å². The van der Waals surface area contributed by atoms with Gasteiger partial charge in [-0.15, -0.1) is 0 Å². The van der Waals surface area contributed by atoms with Crippen LogP contribution in [0.15, 0.2) is 78.9 Å². The first kappa shape index (κ1) is 16.7. The van der Waals surface area contributed by atoms with Gasteiger partial charge in [-0.05, 0) is 54.4 Å². The molecule has 1 amide bonds. The quantitative estimate of drug-likeness (QED) is 0.684. The van der Waals surface area contributed by atoms with Gasteiger partial charge in [0.1, 0.15) is 5.82 Å². The minimum atomic E-state index is -0.425. The van der Waals surface area contributed by atoms with Crippen molar-refractivity contribution < 1.29 is 9.18 Å². The lowest BCUT2D eigenvalue weighted by Crippen LogP contribution is -2.12. The maximum Gasteiger partial charge on any atom is 0.255 e. The monoisotopic (exact) mass is 334 g/mol. The molecule has 0 spiro atoms. The predicted octanol–water partition coefficient (Wildman–Crippen LogP) is 4.73. The van der Waals surface area contributed by atoms with E-state index in [-0.39, 0.29) is 5.91 Å². The molecule has 0 aliphatic rings. The molecule has 0 heterocycles. The molecule has 0 fully saturated rings. The van der Waals surface area contributed by atoms with E-state index in [2.05, 4.69) is 22.8 Å². The van der Waals surface area contributed by atoms with Crippen molar-refractivity contribution in [2.24, 2.45) is 0 Å². The molecule has 0 aromatic heterocycles. The minimum absolute atomic E-state index is 0.296. The molecule has 0 aliphatic carbocycles. The van der Waals surface area contributed by atoms with Crippen molar-refractivity contribution in [2.75, 3.05) is 17.2 Å². The topological polar surface area (TPSA) is 41.1 Å². The summed E-state index contributed by atoms with van der Waals surface area (Å²) < 4.78 is 13.2. The zero-order chi connectivity index (χ0) is 17.5. The van der Waals surface area contributed by atoms with Gasteiger partial charge in [-0.25, -0.2) is 4.39 Å². The van der Waals surface area contributed by atoms with E-state index in [4.69, 9.17) is 0 Å². The molecule has 3 aromatic rings. The second-order valence-corrected chi connectivity index (χ2v) is 5.70. The fraction of sp³-hybridized carbons (Fsp3) is 0.0952. The van der Waals surface area contributed by atoms with Gasteiger partial charge in [-0.3, -0.25) is 4.79 Å². The van der Waals surface area contributed by atoms with E-state index in [1.165, 1.54) is 23.8 Å². The van der Waals surface area contributed by atoms with Gasteiger partial charge in [0.05, 0.1) is 0 Å². The van der Waals surface area contributed by atoms with E-state index in [0.717, 1.165) is 18.7 Å². The molecule has 25 heavy (non-hydrogen) atoms. The summed E-state index contributed by atoms with van der Waals surface area (Å²) in [6.45, 7) is 0.832. The Hall–Kier alpha value is -3.14. The number of nitrogens with one attached hydrogen (secondary N) is 2. The SMILES string of the molecule is O=C(Nc1ccc(NCCc2ccccc2)cc1)c1cccc(F)c1. The van der Waals surface area contributed by atoms with Gasteiger partial charge in [0.15, 0.2) is 0 Å². The number of anilines is 2. The van der Waals surface area contributed by atoms with Crippen molar-refractivity contribution in [2.45, 2.75) is 6.42 Å². The van der Waals surface area contributed by atoms with Crippen LogP contribution >= 0.6 is 0 Å². The number of hydrogen-bond donors (Lipinski definition) is 2. The maximum atomic E-state index is 13.2. The summed E-state index contributed by atoms with van der Waals surface area (Å²) in [5, 5.41) is 6.11. The molecule has 0 saturated heterocycles. The number of benzene rings is 3. The Morgan fingerprint density at radius 2 is 1.56 bits per heavy atom. The van der Waals surface area contributed by atoms with Crippen LogP contribution in [0.5, 0.6) is 0 Å². The van der Waals surface area contributed by atoms with Crippen molar-refractivity contribution in [1.82, 2.24) is 0 Å². The summed E-state index contributed by atoms with van der Waals surface area (Å²) in [6.07, 6.45) is 0.943. The van der Waals surface area contributed by atoms with Crippen molar-refractivity contribution in [3.63, 3.8) is 0 Å². The fourth-order valence-corrected chi connectivity index (χ4v) is 2.50. The van der Waals surface area contributed by atoms with Gasteiger partial charge in [0, 0.05) is 23.5 Å². The van der Waals surface area contributed by atoms with Crippen molar-refractivity contribution in [3.05, 3.63) is 95.8 Å². The summed E-state index contributed by atoms with van der Waals surface area (Å²) in [4.78, 5) is 12.1. The number of carbonyl (C=O) groups excluding carboxylic acids is 1. The molecule has 2 N–H and O–H groups in total. The van der Waals surface area contributed by atoms with E-state index < -0.39 is 5.82 Å². The summed E-state index contributed by atoms with van der Waals surface area (Å²) in [6, 6.07) is 23.4. The standard InChI is InChI=1S/C21H19FN2O/c22-18-8-4-7-17(15-18)21(25)24-20-11-9-19(10-12-20)23-14-13-16-5-2-1-3-6-16/h1-12,15,23H,13-14H2,(H,24,25). The molecule has 0 atom stereocenters. The van der Waals surface area contributed by atoms with Crippen molar-refractivity contribution >= 4 is 17.3 Å². The fourth-order valence-electron chi connectivity index (χ4n) is 2.50. The highest BCUT2D eigenvalue weighted by atomic mass is 19.1. The van der Waals surface area contributed by atoms with Gasteiger partial charge in [0.25, 0.3) is 5.91 Å². The molecule has 3 rings (SSSR count). The van der Waals surface area contributed by atoms with E-state index in [0.29, 0.717) is 11.3 Å². The molecule has 4 heteroatoms. The van der Waals surface area contributed by atoms with Gasteiger partial charge >= 0.3 is 0 Å². The van der Waals surface area contributed by atoms with Crippen LogP contribution in [0.4, 0.5) is 15.8 Å². The number of carbonyl (C=O) groups is 1. The number of halogens is 1. The molecule has 3 nitrogen and oxygen atoms in total. The highest BCUT2D eigenvalue weighted by Gasteiger charge is 2.06. The third kappa shape index (κ3) is 4.91. The Kier molecular flexibility index (Phi) is 5.42. The summed E-state index contributed by atoms with van der Waals surface area (Å²) >= 11 is 0. The largest absolute Gasteiger partial charge is 0.385 e. The first-order chi connectivity index (χ1) is 12.2. The lowest BCUT2D eigenvalue weighted by molar-refractivity contribution is 0.102. The molecule has 0 unspecified atom stereocenters. The Bertz CT molecular complexity index is 832. The van der Waals surface area contributed by atoms with Crippen LogP contribution in [0, 0.1) is 5.82 Å². The van der Waals surface area contributed by atoms with Crippen LogP contribution in [-0.2, 0) is 6.42 Å². The van der Waals surface area contributed by atoms with Gasteiger partial charge < -0.3 is 10.6 Å². The Morgan fingerprint density at radius 1 is 0.840 bits per heavy atom. The second-order valence-electron chi connectivity index (χ2n) is 5.70. The van der Waals surface area contributed by atoms with E-state index in [1.807, 2.05) is 42.5 Å². The summed E-state index contributed by atoms with van der Waals surface area (Å²) in [5.74, 6) is -0.755. The van der Waals surface area contributed by atoms with Crippen LogP contribution < -0.4 is 10.6 Å². The zero-order valence-corrected chi connectivity index (χ0v) is 13.7. The molecule has 0 saturated carbocycles. The van der Waals surface area contributed by atoms with Gasteiger partial charge in [0.2, 0.25) is 0 Å². The van der Waals surface area contributed by atoms with E-state index in [1.54, 1.807) is 6.07 Å². The van der Waals surface area contributed by atoms with E-state index in [9.17, 15) is 9.18 Å². The minimum Gasteiger partial charge on any atom is -0.385 e. The van der Waals surface area contributed by atoms with E-state index >= 15 is 0 Å². The third-order valence-electron chi connectivity index (χ3n) is 3.82. The number of rotatable bonds is 6. The molecular weight excluding hydrogens is 315 g/mol. The Balaban J connectivity index is 1.52. The lowest BCUT2D eigenvalue weighted by Gasteiger charge is -2.09. The lowest BCUT2D eigenvalue weighted by atomic mass is 10.1. The number of amides is 1. The Labute approximate surface area is 146 Å². The number of hydrogen-bond acceptors (Lipinski definition) is 2. The molecule has 126 valence electrons. The second kappa shape index (κ2) is 8.11. The van der Waals surface area contributed by atoms with Crippen molar-refractivity contribution in [3.8, 4) is 0 Å². The van der Waals surface area contributed by atoms with Gasteiger partial charge in [-0.1, -0.05) is 36.4 Å². The molecule has 0 bridgehead atoms. The summed E-state index contributed by atoms with van der Waals surface area (Å²) in [7, 11) is 0. The first-order valence-corrected chi connectivity index (χ1v) is 8.15. The average Bonchev–Trinajstić information content (AvgIpc) is 2.64. The average molecular weight is 334 g/mol. The molecule has 3 aromatic carbocycles. The maximum absolute atomic E-state index is 13.2. The van der Waals surface area contributed by atoms with Gasteiger partial charge in [-0.2, -0.15) is 0 Å². The van der Waals surface area contributed by atoms with Crippen molar-refractivity contribution in [1.29, 1.82) is 0 Å². The summed E-state index contributed by atoms with van der Waals surface area (Å²) in [5.41, 5.74) is 3.24. The van der Waals surface area contributed by atoms with Crippen LogP contribution in [0.25, 0.3) is 0 Å². The third-order valence-corrected chi connectivity index (χ3v) is 3.82. The highest BCUT2D eigenvalue weighted by Crippen LogP contribution is 2.15. The van der Waals surface area contributed by atoms with Crippen LogP contribution in [0.1, 0.15) is 15.9 Å². The zero-order valence-electron chi connectivity index (χ0n) is 13.7. The predicted molar refractivity (Wildman–Crippen MR) is 99.4 cm³/mol. The molecule has 0 radical (unpaired) electrons.